The molecule has 2 aromatic carbocycles. The van der Waals surface area contributed by atoms with E-state index in [1.165, 1.54) is 0 Å². The number of piperazine rings is 1. The van der Waals surface area contributed by atoms with Gasteiger partial charge in [0.25, 0.3) is 0 Å². The van der Waals surface area contributed by atoms with Crippen molar-refractivity contribution in [1.82, 2.24) is 4.90 Å². The first-order valence-corrected chi connectivity index (χ1v) is 8.92. The normalized spacial score (nSPS) is 16.3. The molecule has 1 aliphatic rings. The molecule has 0 amide bonds. The number of anilines is 2. The summed E-state index contributed by atoms with van der Waals surface area (Å²) in [6, 6.07) is 15.3. The molecule has 1 unspecified atom stereocenters. The maximum atomic E-state index is 10.3. The van der Waals surface area contributed by atoms with Crippen molar-refractivity contribution in [3.63, 3.8) is 0 Å². The molecule has 0 bridgehead atoms. The number of para-hydroxylation sites is 2. The second-order valence-electron chi connectivity index (χ2n) is 6.50. The second kappa shape index (κ2) is 8.78. The van der Waals surface area contributed by atoms with E-state index < -0.39 is 6.10 Å². The quantitative estimate of drug-likeness (QED) is 0.737. The van der Waals surface area contributed by atoms with E-state index in [4.69, 9.17) is 15.2 Å². The van der Waals surface area contributed by atoms with Gasteiger partial charge in [0.2, 0.25) is 0 Å². The second-order valence-corrected chi connectivity index (χ2v) is 6.50. The molecule has 6 heteroatoms. The summed E-state index contributed by atoms with van der Waals surface area (Å²) in [5.41, 5.74) is 7.51. The lowest BCUT2D eigenvalue weighted by atomic mass is 10.2. The van der Waals surface area contributed by atoms with E-state index in [9.17, 15) is 5.11 Å². The zero-order chi connectivity index (χ0) is 18.4. The summed E-state index contributed by atoms with van der Waals surface area (Å²) >= 11 is 0. The minimum atomic E-state index is -0.533. The molecule has 1 atom stereocenters. The average molecular weight is 357 g/mol. The van der Waals surface area contributed by atoms with E-state index in [1.54, 1.807) is 13.2 Å². The molecule has 1 fully saturated rings. The van der Waals surface area contributed by atoms with Crippen LogP contribution in [0.1, 0.15) is 0 Å². The summed E-state index contributed by atoms with van der Waals surface area (Å²) in [6.07, 6.45) is -0.533. The maximum Gasteiger partial charge on any atom is 0.142 e. The standard InChI is InChI=1S/C20H27N3O3/c1-25-20-8-3-2-7-19(20)23-11-9-22(10-12-23)14-17(24)15-26-18-6-4-5-16(21)13-18/h2-8,13,17,24H,9-12,14-15,21H2,1H3. The van der Waals surface area contributed by atoms with Crippen LogP contribution in [-0.2, 0) is 0 Å². The summed E-state index contributed by atoms with van der Waals surface area (Å²) in [7, 11) is 1.70. The predicted octanol–water partition coefficient (Wildman–Crippen LogP) is 1.84. The molecular weight excluding hydrogens is 330 g/mol. The van der Waals surface area contributed by atoms with Gasteiger partial charge in [0.15, 0.2) is 0 Å². The van der Waals surface area contributed by atoms with Crippen LogP contribution in [0.5, 0.6) is 11.5 Å². The van der Waals surface area contributed by atoms with Crippen LogP contribution in [0, 0.1) is 0 Å². The van der Waals surface area contributed by atoms with Crippen molar-refractivity contribution in [1.29, 1.82) is 0 Å². The van der Waals surface area contributed by atoms with Gasteiger partial charge in [-0.3, -0.25) is 4.90 Å². The number of nitrogens with zero attached hydrogens (tertiary/aromatic N) is 2. The van der Waals surface area contributed by atoms with Gasteiger partial charge in [-0.2, -0.15) is 0 Å². The highest BCUT2D eigenvalue weighted by Gasteiger charge is 2.21. The van der Waals surface area contributed by atoms with Crippen molar-refractivity contribution in [2.24, 2.45) is 0 Å². The molecule has 0 spiro atoms. The fourth-order valence-corrected chi connectivity index (χ4v) is 3.21. The Morgan fingerprint density at radius 1 is 1.08 bits per heavy atom. The first-order chi connectivity index (χ1) is 12.7. The summed E-state index contributed by atoms with van der Waals surface area (Å²) in [4.78, 5) is 4.59. The summed E-state index contributed by atoms with van der Waals surface area (Å²) < 4.78 is 11.1. The van der Waals surface area contributed by atoms with Crippen molar-refractivity contribution >= 4 is 11.4 Å². The van der Waals surface area contributed by atoms with Gasteiger partial charge in [0.05, 0.1) is 12.8 Å². The van der Waals surface area contributed by atoms with Gasteiger partial charge >= 0.3 is 0 Å². The van der Waals surface area contributed by atoms with Gasteiger partial charge in [-0.05, 0) is 24.3 Å². The minimum absolute atomic E-state index is 0.260. The van der Waals surface area contributed by atoms with Gasteiger partial charge in [-0.25, -0.2) is 0 Å². The van der Waals surface area contributed by atoms with Gasteiger partial charge in [0, 0.05) is 44.5 Å². The van der Waals surface area contributed by atoms with E-state index in [0.29, 0.717) is 18.0 Å². The SMILES string of the molecule is COc1ccccc1N1CCN(CC(O)COc2cccc(N)c2)CC1. The number of ether oxygens (including phenoxy) is 2. The summed E-state index contributed by atoms with van der Waals surface area (Å²) in [5, 5.41) is 10.3. The van der Waals surface area contributed by atoms with E-state index >= 15 is 0 Å². The third-order valence-corrected chi connectivity index (χ3v) is 4.57. The Bertz CT molecular complexity index is 702. The first-order valence-electron chi connectivity index (χ1n) is 8.92. The summed E-state index contributed by atoms with van der Waals surface area (Å²) in [6.45, 7) is 4.46. The topological polar surface area (TPSA) is 71.2 Å². The largest absolute Gasteiger partial charge is 0.495 e. The molecule has 1 aliphatic heterocycles. The Balaban J connectivity index is 1.45. The number of rotatable bonds is 7. The van der Waals surface area contributed by atoms with E-state index in [2.05, 4.69) is 15.9 Å². The van der Waals surface area contributed by atoms with E-state index in [1.807, 2.05) is 36.4 Å². The highest BCUT2D eigenvalue weighted by molar-refractivity contribution is 5.58. The van der Waals surface area contributed by atoms with Crippen LogP contribution in [0.25, 0.3) is 0 Å². The predicted molar refractivity (Wildman–Crippen MR) is 104 cm³/mol. The van der Waals surface area contributed by atoms with Crippen LogP contribution in [-0.4, -0.2) is 62.6 Å². The third-order valence-electron chi connectivity index (χ3n) is 4.57. The Hall–Kier alpha value is -2.44. The molecule has 1 heterocycles. The highest BCUT2D eigenvalue weighted by Crippen LogP contribution is 2.28. The number of hydrogen-bond acceptors (Lipinski definition) is 6. The summed E-state index contributed by atoms with van der Waals surface area (Å²) in [5.74, 6) is 1.58. The molecule has 26 heavy (non-hydrogen) atoms. The van der Waals surface area contributed by atoms with Crippen molar-refractivity contribution in [3.8, 4) is 11.5 Å². The number of methoxy groups -OCH3 is 1. The molecule has 0 radical (unpaired) electrons. The first kappa shape index (κ1) is 18.4. The molecule has 6 nitrogen and oxygen atoms in total. The van der Waals surface area contributed by atoms with Gasteiger partial charge in [-0.15, -0.1) is 0 Å². The third kappa shape index (κ3) is 4.80. The highest BCUT2D eigenvalue weighted by atomic mass is 16.5. The van der Waals surface area contributed by atoms with Crippen LogP contribution in [0.4, 0.5) is 11.4 Å². The van der Waals surface area contributed by atoms with Crippen LogP contribution in [0.3, 0.4) is 0 Å². The fourth-order valence-electron chi connectivity index (χ4n) is 3.21. The molecule has 0 saturated carbocycles. The van der Waals surface area contributed by atoms with Crippen LogP contribution in [0.2, 0.25) is 0 Å². The van der Waals surface area contributed by atoms with Gasteiger partial charge in [0.1, 0.15) is 24.2 Å². The van der Waals surface area contributed by atoms with Gasteiger partial charge in [-0.1, -0.05) is 18.2 Å². The molecule has 0 aliphatic carbocycles. The number of nitrogens with two attached hydrogens (primary N) is 1. The Kier molecular flexibility index (Phi) is 6.20. The molecule has 3 rings (SSSR count). The van der Waals surface area contributed by atoms with Gasteiger partial charge < -0.3 is 25.2 Å². The van der Waals surface area contributed by atoms with E-state index in [0.717, 1.165) is 37.6 Å². The molecule has 0 aromatic heterocycles. The van der Waals surface area contributed by atoms with E-state index in [-0.39, 0.29) is 6.61 Å². The van der Waals surface area contributed by atoms with Crippen LogP contribution in [0.15, 0.2) is 48.5 Å². The van der Waals surface area contributed by atoms with Crippen LogP contribution >= 0.6 is 0 Å². The zero-order valence-corrected chi connectivity index (χ0v) is 15.2. The number of nitrogen functional groups attached to an aromatic ring is 1. The lowest BCUT2D eigenvalue weighted by molar-refractivity contribution is 0.0663. The Labute approximate surface area is 154 Å². The lowest BCUT2D eigenvalue weighted by Gasteiger charge is -2.37. The number of β-amino-alcohol motifs (C(OH)–C–C–N with tert-alkyl or cyclic N) is 1. The zero-order valence-electron chi connectivity index (χ0n) is 15.2. The van der Waals surface area contributed by atoms with Crippen LogP contribution < -0.4 is 20.1 Å². The van der Waals surface area contributed by atoms with Crippen molar-refractivity contribution in [2.45, 2.75) is 6.10 Å². The smallest absolute Gasteiger partial charge is 0.142 e. The molecule has 1 saturated heterocycles. The molecule has 3 N–H and O–H groups in total. The number of benzene rings is 2. The lowest BCUT2D eigenvalue weighted by Crippen LogP contribution is -2.49. The van der Waals surface area contributed by atoms with Crippen molar-refractivity contribution in [2.75, 3.05) is 57.1 Å². The maximum absolute atomic E-state index is 10.3. The minimum Gasteiger partial charge on any atom is -0.495 e. The Morgan fingerprint density at radius 2 is 1.85 bits per heavy atom. The molecule has 2 aromatic rings. The number of aliphatic hydroxyl groups is 1. The van der Waals surface area contributed by atoms with Crippen molar-refractivity contribution < 1.29 is 14.6 Å². The fraction of sp³-hybridized carbons (Fsp3) is 0.400. The molecular formula is C20H27N3O3. The molecule has 140 valence electrons. The van der Waals surface area contributed by atoms with Crippen molar-refractivity contribution in [3.05, 3.63) is 48.5 Å². The monoisotopic (exact) mass is 357 g/mol. The number of hydrogen-bond donors (Lipinski definition) is 2. The Morgan fingerprint density at radius 3 is 2.58 bits per heavy atom. The number of aliphatic hydroxyl groups excluding tert-OH is 1. The average Bonchev–Trinajstić information content (AvgIpc) is 2.67.